The van der Waals surface area contributed by atoms with Gasteiger partial charge in [0.05, 0.1) is 10.9 Å². The lowest BCUT2D eigenvalue weighted by atomic mass is 10.1. The molecule has 172 valence electrons. The summed E-state index contributed by atoms with van der Waals surface area (Å²) < 4.78 is 41.7. The molecule has 1 atom stereocenters. The molecule has 2 heterocycles. The van der Waals surface area contributed by atoms with Gasteiger partial charge in [-0.2, -0.15) is 4.31 Å². The Balaban J connectivity index is 1.39. The van der Waals surface area contributed by atoms with E-state index in [4.69, 9.17) is 0 Å². The van der Waals surface area contributed by atoms with E-state index in [0.29, 0.717) is 37.4 Å². The van der Waals surface area contributed by atoms with Gasteiger partial charge in [-0.3, -0.25) is 9.88 Å². The Morgan fingerprint density at radius 1 is 1.22 bits per heavy atom. The quantitative estimate of drug-likeness (QED) is 0.689. The van der Waals surface area contributed by atoms with E-state index < -0.39 is 21.9 Å². The Hall–Kier alpha value is -2.56. The first-order chi connectivity index (χ1) is 15.2. The summed E-state index contributed by atoms with van der Waals surface area (Å²) >= 11 is 0. The highest BCUT2D eigenvalue weighted by Crippen LogP contribution is 2.32. The Bertz CT molecular complexity index is 1110. The number of rotatable bonds is 6. The van der Waals surface area contributed by atoms with Crippen molar-refractivity contribution in [3.8, 4) is 0 Å². The molecule has 0 radical (unpaired) electrons. The van der Waals surface area contributed by atoms with Gasteiger partial charge < -0.3 is 10.6 Å². The van der Waals surface area contributed by atoms with Gasteiger partial charge in [0, 0.05) is 55.4 Å². The lowest BCUT2D eigenvalue weighted by Gasteiger charge is -2.39. The van der Waals surface area contributed by atoms with Gasteiger partial charge in [-0.25, -0.2) is 17.6 Å². The van der Waals surface area contributed by atoms with E-state index in [1.165, 1.54) is 6.07 Å². The third-order valence-corrected chi connectivity index (χ3v) is 8.25. The van der Waals surface area contributed by atoms with Crippen LogP contribution in [0, 0.1) is 12.7 Å². The molecule has 1 aromatic heterocycles. The number of nitrogens with one attached hydrogen (secondary N) is 2. The second-order valence-corrected chi connectivity index (χ2v) is 10.7. The molecule has 10 heteroatoms. The summed E-state index contributed by atoms with van der Waals surface area (Å²) in [5.41, 5.74) is 1.87. The fraction of sp³-hybridized carbons (Fsp3) is 0.455. The van der Waals surface area contributed by atoms with Gasteiger partial charge in [0.2, 0.25) is 10.0 Å². The number of amides is 2. The summed E-state index contributed by atoms with van der Waals surface area (Å²) in [6.45, 7) is 5.47. The first kappa shape index (κ1) is 22.6. The average Bonchev–Trinajstić information content (AvgIpc) is 3.58. The number of aryl methyl sites for hydroxylation is 1. The van der Waals surface area contributed by atoms with Crippen LogP contribution in [0.5, 0.6) is 0 Å². The fourth-order valence-electron chi connectivity index (χ4n) is 3.93. The second-order valence-electron chi connectivity index (χ2n) is 8.47. The molecule has 2 aliphatic rings. The lowest BCUT2D eigenvalue weighted by molar-refractivity contribution is 0.120. The third-order valence-electron chi connectivity index (χ3n) is 5.89. The number of carbonyl (C=O) groups is 1. The van der Waals surface area contributed by atoms with Crippen molar-refractivity contribution in [3.63, 3.8) is 0 Å². The average molecular weight is 462 g/mol. The molecular formula is C22H28FN5O3S. The SMILES string of the molecule is Cc1cc(NC(=O)Nc2cccc(CN3CCN(S(=O)(=O)C4CC4)C[C@@H]3C)c2F)ccn1. The van der Waals surface area contributed by atoms with Gasteiger partial charge in [0.25, 0.3) is 0 Å². The van der Waals surface area contributed by atoms with Crippen LogP contribution >= 0.6 is 0 Å². The van der Waals surface area contributed by atoms with Gasteiger partial charge in [0.1, 0.15) is 0 Å². The number of benzene rings is 1. The first-order valence-electron chi connectivity index (χ1n) is 10.7. The molecule has 2 N–H and O–H groups in total. The van der Waals surface area contributed by atoms with Crippen molar-refractivity contribution in [2.24, 2.45) is 0 Å². The molecule has 2 aromatic rings. The highest BCUT2D eigenvalue weighted by molar-refractivity contribution is 7.90. The van der Waals surface area contributed by atoms with Crippen LogP contribution in [0.4, 0.5) is 20.6 Å². The van der Waals surface area contributed by atoms with Crippen LogP contribution in [0.3, 0.4) is 0 Å². The maximum absolute atomic E-state index is 15.1. The largest absolute Gasteiger partial charge is 0.323 e. The molecule has 1 saturated heterocycles. The summed E-state index contributed by atoms with van der Waals surface area (Å²) in [7, 11) is -3.20. The molecule has 0 bridgehead atoms. The topological polar surface area (TPSA) is 94.6 Å². The predicted molar refractivity (Wildman–Crippen MR) is 121 cm³/mol. The van der Waals surface area contributed by atoms with Crippen LogP contribution in [0.1, 0.15) is 31.0 Å². The van der Waals surface area contributed by atoms with Gasteiger partial charge in [-0.1, -0.05) is 12.1 Å². The highest BCUT2D eigenvalue weighted by Gasteiger charge is 2.42. The molecule has 1 aliphatic carbocycles. The Morgan fingerprint density at radius 3 is 2.69 bits per heavy atom. The second kappa shape index (κ2) is 9.13. The van der Waals surface area contributed by atoms with E-state index >= 15 is 4.39 Å². The van der Waals surface area contributed by atoms with E-state index in [0.717, 1.165) is 18.5 Å². The number of pyridine rings is 1. The van der Waals surface area contributed by atoms with Gasteiger partial charge in [0.15, 0.2) is 5.82 Å². The summed E-state index contributed by atoms with van der Waals surface area (Å²) in [6, 6.07) is 7.69. The standard InChI is InChI=1S/C22H28FN5O3S/c1-15-12-18(8-9-24-15)25-22(29)26-20-5-3-4-17(21(20)23)14-27-10-11-28(13-16(27)2)32(30,31)19-6-7-19/h3-5,8-9,12,16,19H,6-7,10-11,13-14H2,1-2H3,(H2,24,25,26,29)/t16-/m0/s1. The van der Waals surface area contributed by atoms with Gasteiger partial charge in [-0.15, -0.1) is 0 Å². The van der Waals surface area contributed by atoms with E-state index in [1.54, 1.807) is 34.8 Å². The van der Waals surface area contributed by atoms with Crippen molar-refractivity contribution >= 4 is 27.4 Å². The van der Waals surface area contributed by atoms with Crippen molar-refractivity contribution in [2.75, 3.05) is 30.3 Å². The van der Waals surface area contributed by atoms with Crippen LogP contribution in [-0.2, 0) is 16.6 Å². The van der Waals surface area contributed by atoms with E-state index in [-0.39, 0.29) is 17.0 Å². The summed E-state index contributed by atoms with van der Waals surface area (Å²) in [6.07, 6.45) is 3.08. The minimum absolute atomic E-state index is 0.0356. The Morgan fingerprint density at radius 2 is 2.00 bits per heavy atom. The molecule has 4 rings (SSSR count). The number of hydrogen-bond acceptors (Lipinski definition) is 5. The lowest BCUT2D eigenvalue weighted by Crippen LogP contribution is -2.53. The number of sulfonamides is 1. The molecule has 0 unspecified atom stereocenters. The van der Waals surface area contributed by atoms with Crippen molar-refractivity contribution in [3.05, 3.63) is 53.6 Å². The third kappa shape index (κ3) is 5.08. The number of anilines is 2. The van der Waals surface area contributed by atoms with Crippen molar-refractivity contribution in [1.82, 2.24) is 14.2 Å². The van der Waals surface area contributed by atoms with Crippen LogP contribution in [-0.4, -0.2) is 59.6 Å². The fourth-order valence-corrected chi connectivity index (χ4v) is 5.84. The van der Waals surface area contributed by atoms with Crippen LogP contribution in [0.2, 0.25) is 0 Å². The molecular weight excluding hydrogens is 433 g/mol. The monoisotopic (exact) mass is 461 g/mol. The summed E-state index contributed by atoms with van der Waals surface area (Å²) in [4.78, 5) is 18.5. The first-order valence-corrected chi connectivity index (χ1v) is 12.3. The number of carbonyl (C=O) groups excluding carboxylic acids is 1. The highest BCUT2D eigenvalue weighted by atomic mass is 32.2. The summed E-state index contributed by atoms with van der Waals surface area (Å²) in [5, 5.41) is 5.01. The predicted octanol–water partition coefficient (Wildman–Crippen LogP) is 3.17. The molecule has 2 amide bonds. The van der Waals surface area contributed by atoms with E-state index in [9.17, 15) is 13.2 Å². The molecule has 2 fully saturated rings. The number of aromatic nitrogens is 1. The van der Waals surface area contributed by atoms with Crippen molar-refractivity contribution in [2.45, 2.75) is 44.5 Å². The zero-order valence-electron chi connectivity index (χ0n) is 18.2. The normalized spacial score (nSPS) is 20.2. The molecule has 1 aliphatic heterocycles. The number of nitrogens with zero attached hydrogens (tertiary/aromatic N) is 3. The van der Waals surface area contributed by atoms with E-state index in [2.05, 4.69) is 20.5 Å². The molecule has 1 aromatic carbocycles. The molecule has 32 heavy (non-hydrogen) atoms. The number of halogens is 1. The summed E-state index contributed by atoms with van der Waals surface area (Å²) in [5.74, 6) is -0.492. The van der Waals surface area contributed by atoms with Crippen LogP contribution < -0.4 is 10.6 Å². The Labute approximate surface area is 187 Å². The number of piperazine rings is 1. The maximum Gasteiger partial charge on any atom is 0.323 e. The van der Waals surface area contributed by atoms with Gasteiger partial charge >= 0.3 is 6.03 Å². The van der Waals surface area contributed by atoms with Crippen molar-refractivity contribution in [1.29, 1.82) is 0 Å². The Kier molecular flexibility index (Phi) is 6.45. The smallest absolute Gasteiger partial charge is 0.308 e. The number of hydrogen-bond donors (Lipinski definition) is 2. The van der Waals surface area contributed by atoms with Crippen molar-refractivity contribution < 1.29 is 17.6 Å². The van der Waals surface area contributed by atoms with Crippen LogP contribution in [0.15, 0.2) is 36.5 Å². The zero-order chi connectivity index (χ0) is 22.9. The van der Waals surface area contributed by atoms with Gasteiger partial charge in [-0.05, 0) is 44.9 Å². The zero-order valence-corrected chi connectivity index (χ0v) is 19.0. The van der Waals surface area contributed by atoms with Crippen LogP contribution in [0.25, 0.3) is 0 Å². The molecule has 1 saturated carbocycles. The number of urea groups is 1. The van der Waals surface area contributed by atoms with E-state index in [1.807, 2.05) is 13.8 Å². The molecule has 8 nitrogen and oxygen atoms in total. The minimum Gasteiger partial charge on any atom is -0.308 e. The maximum atomic E-state index is 15.1. The minimum atomic E-state index is -3.20. The molecule has 0 spiro atoms.